The Morgan fingerprint density at radius 2 is 2.00 bits per heavy atom. The highest BCUT2D eigenvalue weighted by Crippen LogP contribution is 2.31. The molecule has 0 aromatic heterocycles. The molecule has 1 rings (SSSR count). The van der Waals surface area contributed by atoms with E-state index in [4.69, 9.17) is 5.73 Å². The molecule has 1 aliphatic carbocycles. The maximum Gasteiger partial charge on any atom is 0.221 e. The number of nitrogens with one attached hydrogen (secondary N) is 2. The second kappa shape index (κ2) is 5.11. The zero-order chi connectivity index (χ0) is 12.2. The first-order valence-corrected chi connectivity index (χ1v) is 7.20. The van der Waals surface area contributed by atoms with Crippen LogP contribution < -0.4 is 15.8 Å². The van der Waals surface area contributed by atoms with Gasteiger partial charge in [0.2, 0.25) is 15.9 Å². The van der Waals surface area contributed by atoms with Crippen LogP contribution in [0.1, 0.15) is 25.7 Å². The molecule has 0 unspecified atom stereocenters. The summed E-state index contributed by atoms with van der Waals surface area (Å²) in [5, 5.41) is 2.63. The first-order chi connectivity index (χ1) is 7.31. The van der Waals surface area contributed by atoms with Gasteiger partial charge in [0, 0.05) is 25.0 Å². The van der Waals surface area contributed by atoms with E-state index in [1.165, 1.54) is 0 Å². The van der Waals surface area contributed by atoms with Gasteiger partial charge in [-0.05, 0) is 19.3 Å². The van der Waals surface area contributed by atoms with E-state index >= 15 is 0 Å². The summed E-state index contributed by atoms with van der Waals surface area (Å²) >= 11 is 0. The molecule has 1 saturated carbocycles. The fraction of sp³-hybridized carbons (Fsp3) is 0.889. The lowest BCUT2D eigenvalue weighted by atomic mass is 9.75. The van der Waals surface area contributed by atoms with E-state index in [1.54, 1.807) is 0 Å². The average Bonchev–Trinajstić information content (AvgIpc) is 2.08. The number of hydrogen-bond acceptors (Lipinski definition) is 4. The Labute approximate surface area is 96.0 Å². The van der Waals surface area contributed by atoms with Crippen LogP contribution in [0, 0.1) is 0 Å². The molecule has 0 aromatic carbocycles. The largest absolute Gasteiger partial charge is 0.355 e. The first-order valence-electron chi connectivity index (χ1n) is 5.31. The van der Waals surface area contributed by atoms with Gasteiger partial charge >= 0.3 is 0 Å². The van der Waals surface area contributed by atoms with Crippen molar-refractivity contribution in [2.45, 2.75) is 31.2 Å². The Balaban J connectivity index is 2.11. The second-order valence-corrected chi connectivity index (χ2v) is 6.24. The van der Waals surface area contributed by atoms with Gasteiger partial charge in [-0.1, -0.05) is 0 Å². The summed E-state index contributed by atoms with van der Waals surface area (Å²) in [5.74, 6) is -0.113. The molecular formula is C9H19N3O3S. The van der Waals surface area contributed by atoms with Gasteiger partial charge in [-0.15, -0.1) is 0 Å². The molecule has 6 nitrogen and oxygen atoms in total. The van der Waals surface area contributed by atoms with Crippen LogP contribution in [-0.4, -0.2) is 39.2 Å². The van der Waals surface area contributed by atoms with Gasteiger partial charge in [0.1, 0.15) is 0 Å². The summed E-state index contributed by atoms with van der Waals surface area (Å²) in [6.45, 7) is 0.504. The highest BCUT2D eigenvalue weighted by atomic mass is 32.2. The summed E-state index contributed by atoms with van der Waals surface area (Å²) in [5.41, 5.74) is 5.58. The van der Waals surface area contributed by atoms with Crippen molar-refractivity contribution >= 4 is 15.9 Å². The topological polar surface area (TPSA) is 101 Å². The maximum absolute atomic E-state index is 11.4. The van der Waals surface area contributed by atoms with Crippen molar-refractivity contribution in [1.29, 1.82) is 0 Å². The van der Waals surface area contributed by atoms with Crippen LogP contribution in [0.5, 0.6) is 0 Å². The molecule has 1 fully saturated rings. The third kappa shape index (κ3) is 4.91. The van der Waals surface area contributed by atoms with Gasteiger partial charge in [0.25, 0.3) is 0 Å². The second-order valence-electron chi connectivity index (χ2n) is 4.41. The number of carbonyl (C=O) groups excluding carboxylic acids is 1. The molecule has 0 aromatic rings. The van der Waals surface area contributed by atoms with E-state index in [1.807, 2.05) is 0 Å². The van der Waals surface area contributed by atoms with E-state index in [-0.39, 0.29) is 18.0 Å². The normalized spacial score (nSPS) is 18.9. The van der Waals surface area contributed by atoms with Gasteiger partial charge in [-0.3, -0.25) is 4.79 Å². The third-order valence-corrected chi connectivity index (χ3v) is 3.40. The highest BCUT2D eigenvalue weighted by molar-refractivity contribution is 7.88. The van der Waals surface area contributed by atoms with E-state index in [0.29, 0.717) is 13.0 Å². The fourth-order valence-electron chi connectivity index (χ4n) is 1.63. The lowest BCUT2D eigenvalue weighted by molar-refractivity contribution is -0.122. The van der Waals surface area contributed by atoms with E-state index in [0.717, 1.165) is 25.5 Å². The molecule has 1 amide bonds. The van der Waals surface area contributed by atoms with Crippen molar-refractivity contribution in [3.05, 3.63) is 0 Å². The molecule has 4 N–H and O–H groups in total. The molecule has 0 atom stereocenters. The number of amides is 1. The Bertz CT molecular complexity index is 349. The third-order valence-electron chi connectivity index (χ3n) is 2.67. The standard InChI is InChI=1S/C9H19N3O3S/c1-16(14,15)12-6-5-11-8(13)7-9(10)3-2-4-9/h12H,2-7,10H2,1H3,(H,11,13). The van der Waals surface area contributed by atoms with Crippen molar-refractivity contribution in [3.8, 4) is 0 Å². The number of hydrogen-bond donors (Lipinski definition) is 3. The summed E-state index contributed by atoms with van der Waals surface area (Å²) < 4.78 is 23.7. The van der Waals surface area contributed by atoms with Gasteiger partial charge < -0.3 is 11.1 Å². The predicted molar refractivity (Wildman–Crippen MR) is 61.2 cm³/mol. The van der Waals surface area contributed by atoms with Gasteiger partial charge in [-0.2, -0.15) is 0 Å². The van der Waals surface area contributed by atoms with Gasteiger partial charge in [0.05, 0.1) is 6.26 Å². The van der Waals surface area contributed by atoms with Crippen molar-refractivity contribution in [2.75, 3.05) is 19.3 Å². The molecule has 7 heteroatoms. The summed E-state index contributed by atoms with van der Waals surface area (Å²) in [7, 11) is -3.18. The molecule has 1 aliphatic rings. The van der Waals surface area contributed by atoms with Crippen molar-refractivity contribution in [1.82, 2.24) is 10.0 Å². The van der Waals surface area contributed by atoms with E-state index in [9.17, 15) is 13.2 Å². The van der Waals surface area contributed by atoms with Crippen LogP contribution in [-0.2, 0) is 14.8 Å². The Morgan fingerprint density at radius 3 is 2.44 bits per heavy atom. The minimum Gasteiger partial charge on any atom is -0.355 e. The van der Waals surface area contributed by atoms with Crippen molar-refractivity contribution < 1.29 is 13.2 Å². The summed E-state index contributed by atoms with van der Waals surface area (Å²) in [6.07, 6.45) is 4.27. The number of carbonyl (C=O) groups is 1. The zero-order valence-corrected chi connectivity index (χ0v) is 10.3. The molecule has 0 heterocycles. The molecule has 0 bridgehead atoms. The van der Waals surface area contributed by atoms with E-state index < -0.39 is 10.0 Å². The van der Waals surface area contributed by atoms with E-state index in [2.05, 4.69) is 10.0 Å². The lowest BCUT2D eigenvalue weighted by Crippen LogP contribution is -2.50. The summed E-state index contributed by atoms with van der Waals surface area (Å²) in [6, 6.07) is 0. The molecule has 0 spiro atoms. The Morgan fingerprint density at radius 1 is 1.38 bits per heavy atom. The smallest absolute Gasteiger partial charge is 0.221 e. The van der Waals surface area contributed by atoms with Crippen LogP contribution in [0.4, 0.5) is 0 Å². The average molecular weight is 249 g/mol. The SMILES string of the molecule is CS(=O)(=O)NCCNC(=O)CC1(N)CCC1. The molecule has 16 heavy (non-hydrogen) atoms. The molecule has 0 aliphatic heterocycles. The minimum atomic E-state index is -3.18. The first kappa shape index (κ1) is 13.4. The molecule has 0 radical (unpaired) electrons. The number of sulfonamides is 1. The van der Waals surface area contributed by atoms with Crippen LogP contribution in [0.2, 0.25) is 0 Å². The van der Waals surface area contributed by atoms with Crippen LogP contribution >= 0.6 is 0 Å². The van der Waals surface area contributed by atoms with Crippen LogP contribution in [0.15, 0.2) is 0 Å². The van der Waals surface area contributed by atoms with Crippen LogP contribution in [0.25, 0.3) is 0 Å². The fourth-order valence-corrected chi connectivity index (χ4v) is 2.10. The number of rotatable bonds is 6. The number of nitrogens with two attached hydrogens (primary N) is 1. The Kier molecular flexibility index (Phi) is 4.28. The van der Waals surface area contributed by atoms with Gasteiger partial charge in [0.15, 0.2) is 0 Å². The lowest BCUT2D eigenvalue weighted by Gasteiger charge is -2.37. The molecule has 0 saturated heterocycles. The highest BCUT2D eigenvalue weighted by Gasteiger charge is 2.34. The van der Waals surface area contributed by atoms with Gasteiger partial charge in [-0.25, -0.2) is 13.1 Å². The maximum atomic E-state index is 11.4. The monoisotopic (exact) mass is 249 g/mol. The quantitative estimate of drug-likeness (QED) is 0.521. The Hall–Kier alpha value is -0.660. The predicted octanol–water partition coefficient (Wildman–Crippen LogP) is -1.08. The van der Waals surface area contributed by atoms with Crippen LogP contribution in [0.3, 0.4) is 0 Å². The van der Waals surface area contributed by atoms with Crippen molar-refractivity contribution in [2.24, 2.45) is 5.73 Å². The molecule has 94 valence electrons. The van der Waals surface area contributed by atoms with Crippen molar-refractivity contribution in [3.63, 3.8) is 0 Å². The minimum absolute atomic E-state index is 0.113. The summed E-state index contributed by atoms with van der Waals surface area (Å²) in [4.78, 5) is 11.4. The molecular weight excluding hydrogens is 230 g/mol. The zero-order valence-electron chi connectivity index (χ0n) is 9.45.